The van der Waals surface area contributed by atoms with Crippen LogP contribution < -0.4 is 0 Å². The molecule has 2 heterocycles. The van der Waals surface area contributed by atoms with Gasteiger partial charge in [0.25, 0.3) is 5.91 Å². The van der Waals surface area contributed by atoms with Crippen LogP contribution >= 0.6 is 11.6 Å². The summed E-state index contributed by atoms with van der Waals surface area (Å²) in [5, 5.41) is 8.09. The van der Waals surface area contributed by atoms with Gasteiger partial charge in [-0.05, 0) is 24.1 Å². The summed E-state index contributed by atoms with van der Waals surface area (Å²) in [6, 6.07) is 17.6. The van der Waals surface area contributed by atoms with Crippen molar-refractivity contribution in [2.24, 2.45) is 0 Å². The van der Waals surface area contributed by atoms with E-state index in [0.29, 0.717) is 17.3 Å². The normalized spacial score (nSPS) is 16.3. The lowest BCUT2D eigenvalue weighted by molar-refractivity contribution is 0.0744. The Kier molecular flexibility index (Phi) is 4.06. The Bertz CT molecular complexity index is 902. The summed E-state index contributed by atoms with van der Waals surface area (Å²) < 4.78 is 0. The van der Waals surface area contributed by atoms with E-state index in [1.807, 2.05) is 47.4 Å². The predicted molar refractivity (Wildman–Crippen MR) is 98.6 cm³/mol. The van der Waals surface area contributed by atoms with Crippen LogP contribution in [0.25, 0.3) is 11.3 Å². The van der Waals surface area contributed by atoms with Crippen LogP contribution in [-0.2, 0) is 0 Å². The molecule has 0 saturated heterocycles. The third-order valence-electron chi connectivity index (χ3n) is 4.56. The Morgan fingerprint density at radius 1 is 1.12 bits per heavy atom. The molecule has 5 heteroatoms. The fraction of sp³-hybridized carbons (Fsp3) is 0.200. The molecule has 1 aromatic heterocycles. The van der Waals surface area contributed by atoms with Gasteiger partial charge < -0.3 is 4.90 Å². The molecule has 0 spiro atoms. The second-order valence-corrected chi connectivity index (χ2v) is 6.62. The number of amides is 1. The van der Waals surface area contributed by atoms with E-state index in [4.69, 9.17) is 11.6 Å². The number of nitrogens with one attached hydrogen (secondary N) is 1. The summed E-state index contributed by atoms with van der Waals surface area (Å²) in [6.45, 7) is 2.79. The van der Waals surface area contributed by atoms with E-state index < -0.39 is 0 Å². The van der Waals surface area contributed by atoms with Crippen LogP contribution in [0.15, 0.2) is 54.6 Å². The highest BCUT2D eigenvalue weighted by atomic mass is 35.5. The quantitative estimate of drug-likeness (QED) is 0.741. The molecule has 1 amide bonds. The van der Waals surface area contributed by atoms with E-state index >= 15 is 0 Å². The Labute approximate surface area is 151 Å². The Morgan fingerprint density at radius 2 is 1.84 bits per heavy atom. The number of aromatic amines is 1. The summed E-state index contributed by atoms with van der Waals surface area (Å²) in [5.41, 5.74) is 4.40. The van der Waals surface area contributed by atoms with Gasteiger partial charge in [0, 0.05) is 22.7 Å². The fourth-order valence-corrected chi connectivity index (χ4v) is 3.60. The van der Waals surface area contributed by atoms with Crippen LogP contribution in [0.2, 0.25) is 5.02 Å². The second-order valence-electron chi connectivity index (χ2n) is 6.18. The maximum absolute atomic E-state index is 12.9. The molecule has 1 N–H and O–H groups in total. The number of carbonyl (C=O) groups excluding carboxylic acids is 1. The standard InChI is InChI=1S/C20H18ClN3O/c1-2-12-24-19(14-6-4-3-5-7-14)16-17(22-23-18(16)20(24)25)13-8-10-15(21)11-9-13/h3-11,19H,2,12H2,1H3,(H,22,23)/t19-/m1/s1. The largest absolute Gasteiger partial charge is 0.326 e. The highest BCUT2D eigenvalue weighted by molar-refractivity contribution is 6.30. The van der Waals surface area contributed by atoms with Crippen LogP contribution in [0.3, 0.4) is 0 Å². The van der Waals surface area contributed by atoms with E-state index in [1.54, 1.807) is 0 Å². The number of hydrogen-bond acceptors (Lipinski definition) is 2. The first-order valence-corrected chi connectivity index (χ1v) is 8.78. The molecule has 0 fully saturated rings. The average molecular weight is 352 g/mol. The molecule has 0 saturated carbocycles. The van der Waals surface area contributed by atoms with Crippen molar-refractivity contribution < 1.29 is 4.79 Å². The molecule has 0 aliphatic carbocycles. The minimum Gasteiger partial charge on any atom is -0.326 e. The van der Waals surface area contributed by atoms with E-state index in [9.17, 15) is 4.79 Å². The van der Waals surface area contributed by atoms with Crippen LogP contribution in [0.1, 0.15) is 41.0 Å². The lowest BCUT2D eigenvalue weighted by Gasteiger charge is -2.25. The molecule has 0 unspecified atom stereocenters. The maximum atomic E-state index is 12.9. The Balaban J connectivity index is 1.88. The minimum absolute atomic E-state index is 0.0124. The number of halogens is 1. The van der Waals surface area contributed by atoms with Crippen molar-refractivity contribution in [2.45, 2.75) is 19.4 Å². The van der Waals surface area contributed by atoms with Gasteiger partial charge in [0.2, 0.25) is 0 Å². The molecule has 3 aromatic rings. The third-order valence-corrected chi connectivity index (χ3v) is 4.81. The van der Waals surface area contributed by atoms with Crippen LogP contribution in [-0.4, -0.2) is 27.5 Å². The highest BCUT2D eigenvalue weighted by Crippen LogP contribution is 2.42. The van der Waals surface area contributed by atoms with Gasteiger partial charge in [-0.3, -0.25) is 9.89 Å². The number of rotatable bonds is 4. The highest BCUT2D eigenvalue weighted by Gasteiger charge is 2.41. The molecule has 4 rings (SSSR count). The molecule has 1 aliphatic heterocycles. The molecule has 1 aliphatic rings. The van der Waals surface area contributed by atoms with Crippen molar-refractivity contribution >= 4 is 17.5 Å². The number of hydrogen-bond donors (Lipinski definition) is 1. The summed E-state index contributed by atoms with van der Waals surface area (Å²) in [4.78, 5) is 14.8. The summed E-state index contributed by atoms with van der Waals surface area (Å²) >= 11 is 6.01. The second kappa shape index (κ2) is 6.37. The first kappa shape index (κ1) is 15.9. The minimum atomic E-state index is -0.118. The molecular formula is C20H18ClN3O. The SMILES string of the molecule is CCCN1C(=O)c2[nH]nc(-c3ccc(Cl)cc3)c2[C@H]1c1ccccc1. The fourth-order valence-electron chi connectivity index (χ4n) is 3.48. The predicted octanol–water partition coefficient (Wildman–Crippen LogP) is 4.69. The van der Waals surface area contributed by atoms with Crippen LogP contribution in [0.4, 0.5) is 0 Å². The Morgan fingerprint density at radius 3 is 2.52 bits per heavy atom. The molecule has 4 nitrogen and oxygen atoms in total. The number of nitrogens with zero attached hydrogens (tertiary/aromatic N) is 2. The van der Waals surface area contributed by atoms with Gasteiger partial charge in [-0.2, -0.15) is 5.10 Å². The monoisotopic (exact) mass is 351 g/mol. The molecule has 0 bridgehead atoms. The van der Waals surface area contributed by atoms with Crippen LogP contribution in [0.5, 0.6) is 0 Å². The zero-order valence-electron chi connectivity index (χ0n) is 13.9. The number of aromatic nitrogens is 2. The molecular weight excluding hydrogens is 334 g/mol. The van der Waals surface area contributed by atoms with E-state index in [2.05, 4.69) is 29.3 Å². The Hall–Kier alpha value is -2.59. The van der Waals surface area contributed by atoms with Crippen molar-refractivity contribution in [3.05, 3.63) is 76.4 Å². The smallest absolute Gasteiger partial charge is 0.273 e. The van der Waals surface area contributed by atoms with Crippen molar-refractivity contribution in [3.63, 3.8) is 0 Å². The average Bonchev–Trinajstić information content (AvgIpc) is 3.17. The third kappa shape index (κ3) is 2.63. The number of fused-ring (bicyclic) bond motifs is 1. The number of benzene rings is 2. The number of H-pyrrole nitrogens is 1. The van der Waals surface area contributed by atoms with Gasteiger partial charge in [-0.1, -0.05) is 61.0 Å². The number of carbonyl (C=O) groups is 1. The van der Waals surface area contributed by atoms with Crippen molar-refractivity contribution in [3.8, 4) is 11.3 Å². The van der Waals surface area contributed by atoms with Gasteiger partial charge in [-0.25, -0.2) is 0 Å². The zero-order valence-corrected chi connectivity index (χ0v) is 14.6. The first-order chi connectivity index (χ1) is 12.2. The lowest BCUT2D eigenvalue weighted by atomic mass is 9.96. The van der Waals surface area contributed by atoms with Gasteiger partial charge >= 0.3 is 0 Å². The molecule has 126 valence electrons. The van der Waals surface area contributed by atoms with Crippen molar-refractivity contribution in [1.29, 1.82) is 0 Å². The lowest BCUT2D eigenvalue weighted by Crippen LogP contribution is -2.30. The maximum Gasteiger partial charge on any atom is 0.273 e. The van der Waals surface area contributed by atoms with E-state index in [1.165, 1.54) is 0 Å². The van der Waals surface area contributed by atoms with Crippen molar-refractivity contribution in [2.75, 3.05) is 6.54 Å². The zero-order chi connectivity index (χ0) is 17.4. The van der Waals surface area contributed by atoms with Gasteiger partial charge in [0.1, 0.15) is 5.69 Å². The van der Waals surface area contributed by atoms with E-state index in [-0.39, 0.29) is 11.9 Å². The van der Waals surface area contributed by atoms with Gasteiger partial charge in [-0.15, -0.1) is 0 Å². The van der Waals surface area contributed by atoms with Gasteiger partial charge in [0.15, 0.2) is 0 Å². The molecule has 0 radical (unpaired) electrons. The van der Waals surface area contributed by atoms with Gasteiger partial charge in [0.05, 0.1) is 11.7 Å². The van der Waals surface area contributed by atoms with Crippen LogP contribution in [0, 0.1) is 0 Å². The first-order valence-electron chi connectivity index (χ1n) is 8.40. The van der Waals surface area contributed by atoms with Crippen molar-refractivity contribution in [1.82, 2.24) is 15.1 Å². The molecule has 1 atom stereocenters. The topological polar surface area (TPSA) is 49.0 Å². The molecule has 25 heavy (non-hydrogen) atoms. The van der Waals surface area contributed by atoms with E-state index in [0.717, 1.165) is 28.8 Å². The summed E-state index contributed by atoms with van der Waals surface area (Å²) in [6.07, 6.45) is 0.906. The molecule has 2 aromatic carbocycles. The summed E-state index contributed by atoms with van der Waals surface area (Å²) in [5.74, 6) is 0.0124. The summed E-state index contributed by atoms with van der Waals surface area (Å²) in [7, 11) is 0.